The average molecular weight is 293 g/mol. The van der Waals surface area contributed by atoms with Gasteiger partial charge in [-0.25, -0.2) is 0 Å². The maximum absolute atomic E-state index is 12.1. The second-order valence-electron chi connectivity index (χ2n) is 6.32. The minimum Gasteiger partial charge on any atom is -0.489 e. The summed E-state index contributed by atoms with van der Waals surface area (Å²) in [5.41, 5.74) is 1.88. The zero-order chi connectivity index (χ0) is 14.3. The molecule has 1 atom stereocenters. The molecular weight excluding hydrogens is 272 g/mol. The normalized spacial score (nSPS) is 24.6. The Bertz CT molecular complexity index is 521. The maximum atomic E-state index is 12.1. The van der Waals surface area contributed by atoms with Crippen molar-refractivity contribution in [2.45, 2.75) is 58.5 Å². The first-order valence-electron chi connectivity index (χ1n) is 7.50. The van der Waals surface area contributed by atoms with E-state index in [0.717, 1.165) is 47.6 Å². The number of benzene rings is 1. The minimum absolute atomic E-state index is 0.0651. The summed E-state index contributed by atoms with van der Waals surface area (Å²) >= 11 is 6.19. The molecule has 1 aromatic carbocycles. The first kappa shape index (κ1) is 13.9. The summed E-state index contributed by atoms with van der Waals surface area (Å²) in [6.07, 6.45) is 6.20. The van der Waals surface area contributed by atoms with Crippen molar-refractivity contribution < 1.29 is 9.53 Å². The van der Waals surface area contributed by atoms with Crippen molar-refractivity contribution in [3.05, 3.63) is 28.3 Å². The Morgan fingerprint density at radius 1 is 1.15 bits per heavy atom. The van der Waals surface area contributed by atoms with Crippen LogP contribution in [0.2, 0.25) is 5.02 Å². The van der Waals surface area contributed by atoms with Gasteiger partial charge in [0.25, 0.3) is 0 Å². The van der Waals surface area contributed by atoms with E-state index in [2.05, 4.69) is 0 Å². The van der Waals surface area contributed by atoms with E-state index in [1.54, 1.807) is 0 Å². The highest BCUT2D eigenvalue weighted by atomic mass is 35.5. The predicted molar refractivity (Wildman–Crippen MR) is 80.5 cm³/mol. The molecule has 2 nitrogen and oxygen atoms in total. The van der Waals surface area contributed by atoms with E-state index in [1.807, 2.05) is 26.0 Å². The quantitative estimate of drug-likeness (QED) is 0.794. The summed E-state index contributed by atoms with van der Waals surface area (Å²) in [5.74, 6) is 1.26. The average Bonchev–Trinajstić information content (AvgIpc) is 2.45. The lowest BCUT2D eigenvalue weighted by Gasteiger charge is -2.49. The summed E-state index contributed by atoms with van der Waals surface area (Å²) in [6.45, 7) is 3.98. The highest BCUT2D eigenvalue weighted by molar-refractivity contribution is 6.32. The zero-order valence-corrected chi connectivity index (χ0v) is 12.9. The third-order valence-electron chi connectivity index (χ3n) is 4.98. The number of ketones is 1. The molecule has 20 heavy (non-hydrogen) atoms. The first-order valence-corrected chi connectivity index (χ1v) is 7.87. The van der Waals surface area contributed by atoms with E-state index in [1.165, 1.54) is 6.42 Å². The number of halogens is 1. The monoisotopic (exact) mass is 292 g/mol. The number of hydrogen-bond acceptors (Lipinski definition) is 2. The van der Waals surface area contributed by atoms with Gasteiger partial charge in [0.05, 0.1) is 5.41 Å². The third-order valence-corrected chi connectivity index (χ3v) is 5.57. The van der Waals surface area contributed by atoms with Crippen molar-refractivity contribution in [1.82, 2.24) is 0 Å². The third kappa shape index (κ3) is 2.14. The Balaban J connectivity index is 1.80. The largest absolute Gasteiger partial charge is 0.489 e. The van der Waals surface area contributed by atoms with Crippen LogP contribution in [0.15, 0.2) is 12.1 Å². The molecular formula is C17H21ClO2. The molecule has 2 fully saturated rings. The molecule has 1 aromatic rings. The van der Waals surface area contributed by atoms with Gasteiger partial charge in [0, 0.05) is 11.4 Å². The van der Waals surface area contributed by atoms with Gasteiger partial charge < -0.3 is 4.74 Å². The summed E-state index contributed by atoms with van der Waals surface area (Å²) in [6, 6.07) is 3.96. The van der Waals surface area contributed by atoms with Gasteiger partial charge in [-0.3, -0.25) is 4.79 Å². The van der Waals surface area contributed by atoms with E-state index in [-0.39, 0.29) is 11.5 Å². The molecule has 0 aromatic heterocycles. The van der Waals surface area contributed by atoms with Gasteiger partial charge >= 0.3 is 0 Å². The number of hydrogen-bond donors (Lipinski definition) is 0. The van der Waals surface area contributed by atoms with Gasteiger partial charge in [0.15, 0.2) is 0 Å². The molecule has 2 saturated carbocycles. The van der Waals surface area contributed by atoms with Gasteiger partial charge in [0.2, 0.25) is 0 Å². The van der Waals surface area contributed by atoms with E-state index in [4.69, 9.17) is 16.3 Å². The lowest BCUT2D eigenvalue weighted by atomic mass is 9.57. The summed E-state index contributed by atoms with van der Waals surface area (Å²) in [7, 11) is 0. The van der Waals surface area contributed by atoms with Crippen molar-refractivity contribution in [1.29, 1.82) is 0 Å². The van der Waals surface area contributed by atoms with Crippen LogP contribution in [0.4, 0.5) is 0 Å². The SMILES string of the molecule is Cc1cc(OC2CC(=O)C23CCCCC3)cc(C)c1Cl. The van der Waals surface area contributed by atoms with Crippen molar-refractivity contribution in [3.8, 4) is 5.75 Å². The molecule has 0 saturated heterocycles. The molecule has 2 aliphatic carbocycles. The van der Waals surface area contributed by atoms with E-state index < -0.39 is 0 Å². The number of rotatable bonds is 2. The van der Waals surface area contributed by atoms with E-state index >= 15 is 0 Å². The number of Topliss-reactive ketones (excluding diaryl/α,β-unsaturated/α-hetero) is 1. The van der Waals surface area contributed by atoms with Gasteiger partial charge in [-0.2, -0.15) is 0 Å². The Morgan fingerprint density at radius 3 is 2.30 bits per heavy atom. The Hall–Kier alpha value is -1.02. The van der Waals surface area contributed by atoms with Crippen LogP contribution >= 0.6 is 11.6 Å². The molecule has 0 aliphatic heterocycles. The van der Waals surface area contributed by atoms with Crippen LogP contribution in [0.3, 0.4) is 0 Å². The fraction of sp³-hybridized carbons (Fsp3) is 0.588. The lowest BCUT2D eigenvalue weighted by molar-refractivity contribution is -0.156. The molecule has 0 N–H and O–H groups in total. The first-order chi connectivity index (χ1) is 9.53. The fourth-order valence-corrected chi connectivity index (χ4v) is 3.80. The molecule has 3 rings (SSSR count). The van der Waals surface area contributed by atoms with Crippen LogP contribution in [0, 0.1) is 19.3 Å². The Labute approximate surface area is 125 Å². The molecule has 0 amide bonds. The summed E-state index contributed by atoms with van der Waals surface area (Å²) in [4.78, 5) is 12.1. The van der Waals surface area contributed by atoms with Gasteiger partial charge in [0.1, 0.15) is 17.6 Å². The van der Waals surface area contributed by atoms with E-state index in [9.17, 15) is 4.79 Å². The predicted octanol–water partition coefficient (Wildman–Crippen LogP) is 4.63. The van der Waals surface area contributed by atoms with Gasteiger partial charge in [-0.05, 0) is 49.9 Å². The fourth-order valence-electron chi connectivity index (χ4n) is 3.69. The van der Waals surface area contributed by atoms with Crippen LogP contribution in [-0.4, -0.2) is 11.9 Å². The van der Waals surface area contributed by atoms with Crippen molar-refractivity contribution in [2.24, 2.45) is 5.41 Å². The minimum atomic E-state index is -0.181. The molecule has 1 spiro atoms. The smallest absolute Gasteiger partial charge is 0.146 e. The highest BCUT2D eigenvalue weighted by Gasteiger charge is 2.56. The topological polar surface area (TPSA) is 26.3 Å². The van der Waals surface area contributed by atoms with Crippen LogP contribution in [0.1, 0.15) is 49.7 Å². The van der Waals surface area contributed by atoms with E-state index in [0.29, 0.717) is 12.2 Å². The number of carbonyl (C=O) groups excluding carboxylic acids is 1. The van der Waals surface area contributed by atoms with Crippen LogP contribution in [0.5, 0.6) is 5.75 Å². The number of carbonyl (C=O) groups is 1. The van der Waals surface area contributed by atoms with Crippen molar-refractivity contribution in [2.75, 3.05) is 0 Å². The summed E-state index contributed by atoms with van der Waals surface area (Å²) in [5, 5.41) is 0.800. The molecule has 0 bridgehead atoms. The Morgan fingerprint density at radius 2 is 1.75 bits per heavy atom. The van der Waals surface area contributed by atoms with Crippen LogP contribution in [0.25, 0.3) is 0 Å². The Kier molecular flexibility index (Phi) is 3.53. The molecule has 3 heteroatoms. The molecule has 0 radical (unpaired) electrons. The molecule has 2 aliphatic rings. The molecule has 0 heterocycles. The molecule has 1 unspecified atom stereocenters. The lowest BCUT2D eigenvalue weighted by Crippen LogP contribution is -2.57. The van der Waals surface area contributed by atoms with Crippen molar-refractivity contribution in [3.63, 3.8) is 0 Å². The number of ether oxygens (including phenoxy) is 1. The van der Waals surface area contributed by atoms with Crippen molar-refractivity contribution >= 4 is 17.4 Å². The second-order valence-corrected chi connectivity index (χ2v) is 6.70. The highest BCUT2D eigenvalue weighted by Crippen LogP contribution is 2.50. The maximum Gasteiger partial charge on any atom is 0.146 e. The standard InChI is InChI=1S/C17H21ClO2/c1-11-8-13(9-12(2)16(11)18)20-15-10-14(19)17(15)6-4-3-5-7-17/h8-9,15H,3-7,10H2,1-2H3. The zero-order valence-electron chi connectivity index (χ0n) is 12.2. The van der Waals surface area contributed by atoms with Crippen LogP contribution in [-0.2, 0) is 4.79 Å². The molecule has 108 valence electrons. The summed E-state index contributed by atoms with van der Waals surface area (Å²) < 4.78 is 6.15. The van der Waals surface area contributed by atoms with Crippen LogP contribution < -0.4 is 4.74 Å². The second kappa shape index (κ2) is 5.07. The van der Waals surface area contributed by atoms with Gasteiger partial charge in [-0.15, -0.1) is 0 Å². The number of aryl methyl sites for hydroxylation is 2. The van der Waals surface area contributed by atoms with Gasteiger partial charge in [-0.1, -0.05) is 30.9 Å².